The Hall–Kier alpha value is -4.34. The Bertz CT molecular complexity index is 1790. The predicted octanol–water partition coefficient (Wildman–Crippen LogP) is 6.87. The lowest BCUT2D eigenvalue weighted by Gasteiger charge is -2.11. The van der Waals surface area contributed by atoms with Crippen LogP contribution >= 0.6 is 0 Å². The summed E-state index contributed by atoms with van der Waals surface area (Å²) in [4.78, 5) is 14.9. The van der Waals surface area contributed by atoms with Crippen LogP contribution < -0.4 is 4.74 Å². The molecule has 0 saturated carbocycles. The highest BCUT2D eigenvalue weighted by molar-refractivity contribution is 6.16. The molecular weight excluding hydrogens is 471 g/mol. The Balaban J connectivity index is 1.74. The number of methoxy groups -OCH3 is 1. The van der Waals surface area contributed by atoms with Gasteiger partial charge < -0.3 is 19.2 Å². The summed E-state index contributed by atoms with van der Waals surface area (Å²) < 4.78 is 53.6. The number of aryl methyl sites for hydroxylation is 3. The Morgan fingerprint density at radius 2 is 1.69 bits per heavy atom. The first-order valence-corrected chi connectivity index (χ1v) is 11.2. The van der Waals surface area contributed by atoms with Gasteiger partial charge in [0, 0.05) is 32.9 Å². The van der Waals surface area contributed by atoms with Gasteiger partial charge in [0.2, 0.25) is 0 Å². The van der Waals surface area contributed by atoms with Crippen molar-refractivity contribution in [1.29, 1.82) is 0 Å². The fraction of sp³-hybridized carbons (Fsp3) is 0.192. The summed E-state index contributed by atoms with van der Waals surface area (Å²) in [6.45, 7) is 5.31. The maximum absolute atomic E-state index is 14.2. The topological polar surface area (TPSA) is 92.6 Å². The largest absolute Gasteiger partial charge is 0.496 e. The number of aromatic nitrogens is 5. The highest BCUT2D eigenvalue weighted by Gasteiger charge is 2.38. The van der Waals surface area contributed by atoms with Gasteiger partial charge in [0.25, 0.3) is 0 Å². The molecular formula is C26H20F3N5O2. The van der Waals surface area contributed by atoms with Gasteiger partial charge in [-0.1, -0.05) is 23.4 Å². The second-order valence-electron chi connectivity index (χ2n) is 8.68. The molecule has 0 radical (unpaired) electrons. The molecule has 0 fully saturated rings. The second-order valence-corrected chi connectivity index (χ2v) is 8.68. The molecule has 6 rings (SSSR count). The smallest absolute Gasteiger partial charge is 0.431 e. The van der Waals surface area contributed by atoms with Gasteiger partial charge in [0.15, 0.2) is 0 Å². The third kappa shape index (κ3) is 3.17. The number of hydrogen-bond acceptors (Lipinski definition) is 5. The fourth-order valence-corrected chi connectivity index (χ4v) is 4.95. The first kappa shape index (κ1) is 22.1. The number of ether oxygens (including phenoxy) is 1. The Morgan fingerprint density at radius 1 is 0.917 bits per heavy atom. The Morgan fingerprint density at radius 3 is 2.39 bits per heavy atom. The molecule has 182 valence electrons. The van der Waals surface area contributed by atoms with Gasteiger partial charge in [-0.15, -0.1) is 0 Å². The molecule has 36 heavy (non-hydrogen) atoms. The maximum Gasteiger partial charge on any atom is 0.431 e. The summed E-state index contributed by atoms with van der Waals surface area (Å²) in [5.41, 5.74) is 3.07. The third-order valence-electron chi connectivity index (χ3n) is 6.41. The first-order valence-electron chi connectivity index (χ1n) is 11.2. The Kier molecular flexibility index (Phi) is 4.66. The average Bonchev–Trinajstić information content (AvgIpc) is 3.49. The lowest BCUT2D eigenvalue weighted by Crippen LogP contribution is -2.08. The van der Waals surface area contributed by atoms with Gasteiger partial charge >= 0.3 is 6.18 Å². The number of para-hydroxylation sites is 1. The van der Waals surface area contributed by atoms with E-state index in [0.29, 0.717) is 55.9 Å². The van der Waals surface area contributed by atoms with E-state index in [-0.39, 0.29) is 11.3 Å². The van der Waals surface area contributed by atoms with E-state index in [1.807, 2.05) is 19.9 Å². The van der Waals surface area contributed by atoms with Gasteiger partial charge in [0.1, 0.15) is 28.7 Å². The van der Waals surface area contributed by atoms with Crippen molar-refractivity contribution < 1.29 is 22.4 Å². The van der Waals surface area contributed by atoms with Crippen LogP contribution in [-0.2, 0) is 6.18 Å². The number of halogens is 3. The molecule has 2 aromatic carbocycles. The van der Waals surface area contributed by atoms with E-state index in [2.05, 4.69) is 25.1 Å². The molecule has 0 saturated heterocycles. The highest BCUT2D eigenvalue weighted by Crippen LogP contribution is 2.45. The molecule has 4 heterocycles. The summed E-state index contributed by atoms with van der Waals surface area (Å²) >= 11 is 0. The quantitative estimate of drug-likeness (QED) is 0.282. The summed E-state index contributed by atoms with van der Waals surface area (Å²) in [5.74, 6) is 1.51. The average molecular weight is 491 g/mol. The van der Waals surface area contributed by atoms with Crippen LogP contribution in [0.25, 0.3) is 55.2 Å². The molecule has 0 unspecified atom stereocenters. The minimum absolute atomic E-state index is 0.0109. The third-order valence-corrected chi connectivity index (χ3v) is 6.41. The van der Waals surface area contributed by atoms with Gasteiger partial charge in [-0.25, -0.2) is 9.97 Å². The van der Waals surface area contributed by atoms with Crippen LogP contribution in [0.3, 0.4) is 0 Å². The van der Waals surface area contributed by atoms with E-state index < -0.39 is 11.9 Å². The molecule has 0 aliphatic heterocycles. The monoisotopic (exact) mass is 491 g/mol. The van der Waals surface area contributed by atoms with Crippen molar-refractivity contribution in [3.05, 3.63) is 59.4 Å². The number of fused-ring (bicyclic) bond motifs is 4. The van der Waals surface area contributed by atoms with E-state index in [1.54, 1.807) is 44.4 Å². The normalized spacial score (nSPS) is 12.3. The zero-order chi connectivity index (χ0) is 25.4. The molecule has 6 aromatic rings. The number of nitrogens with zero attached hydrogens (tertiary/aromatic N) is 3. The fourth-order valence-electron chi connectivity index (χ4n) is 4.95. The molecule has 0 spiro atoms. The van der Waals surface area contributed by atoms with Crippen molar-refractivity contribution in [2.24, 2.45) is 0 Å². The van der Waals surface area contributed by atoms with Crippen molar-refractivity contribution >= 4 is 32.8 Å². The summed E-state index contributed by atoms with van der Waals surface area (Å²) in [7, 11) is 1.54. The van der Waals surface area contributed by atoms with Crippen molar-refractivity contribution in [3.63, 3.8) is 0 Å². The zero-order valence-electron chi connectivity index (χ0n) is 19.8. The van der Waals surface area contributed by atoms with Crippen LogP contribution in [0.15, 0.2) is 40.9 Å². The van der Waals surface area contributed by atoms with Crippen LogP contribution in [0.1, 0.15) is 23.0 Å². The molecule has 0 aliphatic rings. The molecule has 7 nitrogen and oxygen atoms in total. The molecule has 0 bridgehead atoms. The minimum Gasteiger partial charge on any atom is -0.496 e. The minimum atomic E-state index is -4.61. The first-order chi connectivity index (χ1) is 17.2. The van der Waals surface area contributed by atoms with Crippen molar-refractivity contribution in [2.75, 3.05) is 7.11 Å². The molecule has 0 aliphatic carbocycles. The van der Waals surface area contributed by atoms with Gasteiger partial charge in [0.05, 0.1) is 29.4 Å². The summed E-state index contributed by atoms with van der Waals surface area (Å²) in [5, 5.41) is 5.59. The number of H-pyrrole nitrogens is 2. The molecule has 0 amide bonds. The number of benzene rings is 2. The SMILES string of the molecule is COc1cc2c(cc1-c1c(C)noc1C)[nH]c1nc(C)nc(-c3c(C(F)(F)F)[nH]c4ccccc34)c12. The van der Waals surface area contributed by atoms with E-state index in [1.165, 1.54) is 0 Å². The van der Waals surface area contributed by atoms with Crippen LogP contribution in [-0.4, -0.2) is 32.2 Å². The number of aromatic amines is 2. The molecule has 4 aromatic heterocycles. The summed E-state index contributed by atoms with van der Waals surface area (Å²) in [6, 6.07) is 10.3. The van der Waals surface area contributed by atoms with Crippen LogP contribution in [0.4, 0.5) is 13.2 Å². The highest BCUT2D eigenvalue weighted by atomic mass is 19.4. The molecule has 2 N–H and O–H groups in total. The molecule has 10 heteroatoms. The van der Waals surface area contributed by atoms with E-state index in [0.717, 1.165) is 11.1 Å². The second kappa shape index (κ2) is 7.58. The standard InChI is InChI=1S/C26H20F3N5O2/c1-11-20(12(2)36-34-11)16-9-18-15(10-19(16)35-4)22-23(30-13(3)31-25(22)33-18)21-14-7-5-6-8-17(14)32-24(21)26(27,28)29/h5-10,32H,1-4H3,(H,30,31,33). The van der Waals surface area contributed by atoms with E-state index in [9.17, 15) is 13.2 Å². The van der Waals surface area contributed by atoms with Crippen LogP contribution in [0.5, 0.6) is 5.75 Å². The Labute approximate surface area is 202 Å². The molecule has 0 atom stereocenters. The lowest BCUT2D eigenvalue weighted by atomic mass is 9.99. The van der Waals surface area contributed by atoms with Crippen molar-refractivity contribution in [3.8, 4) is 28.1 Å². The van der Waals surface area contributed by atoms with Crippen LogP contribution in [0, 0.1) is 20.8 Å². The van der Waals surface area contributed by atoms with Gasteiger partial charge in [-0.05, 0) is 39.0 Å². The van der Waals surface area contributed by atoms with E-state index >= 15 is 0 Å². The number of rotatable bonds is 3. The predicted molar refractivity (Wildman–Crippen MR) is 130 cm³/mol. The zero-order valence-corrected chi connectivity index (χ0v) is 19.8. The maximum atomic E-state index is 14.2. The summed E-state index contributed by atoms with van der Waals surface area (Å²) in [6.07, 6.45) is -4.61. The van der Waals surface area contributed by atoms with Crippen molar-refractivity contribution in [2.45, 2.75) is 26.9 Å². The lowest BCUT2D eigenvalue weighted by molar-refractivity contribution is -0.140. The van der Waals surface area contributed by atoms with Gasteiger partial charge in [-0.3, -0.25) is 0 Å². The number of nitrogens with one attached hydrogen (secondary N) is 2. The van der Waals surface area contributed by atoms with Crippen molar-refractivity contribution in [1.82, 2.24) is 25.1 Å². The number of hydrogen-bond donors (Lipinski definition) is 2. The van der Waals surface area contributed by atoms with Gasteiger partial charge in [-0.2, -0.15) is 13.2 Å². The van der Waals surface area contributed by atoms with Crippen LogP contribution in [0.2, 0.25) is 0 Å². The number of alkyl halides is 3. The van der Waals surface area contributed by atoms with E-state index in [4.69, 9.17) is 9.26 Å².